The maximum atomic E-state index is 14.9. The van der Waals surface area contributed by atoms with Gasteiger partial charge in [-0.25, -0.2) is 9.07 Å². The van der Waals surface area contributed by atoms with Crippen LogP contribution in [0.25, 0.3) is 16.8 Å². The topological polar surface area (TPSA) is 130 Å². The zero-order valence-electron chi connectivity index (χ0n) is 28.7. The molecular weight excluding hydrogens is 670 g/mol. The Kier molecular flexibility index (Phi) is 10.4. The van der Waals surface area contributed by atoms with Gasteiger partial charge in [0.05, 0.1) is 24.6 Å². The summed E-state index contributed by atoms with van der Waals surface area (Å²) in [4.78, 5) is 22.5. The Morgan fingerprint density at radius 3 is 2.49 bits per heavy atom. The molecule has 15 heteroatoms. The van der Waals surface area contributed by atoms with Crippen molar-refractivity contribution >= 4 is 17.7 Å². The molecule has 0 bridgehead atoms. The first-order valence-electron chi connectivity index (χ1n) is 17.0. The lowest BCUT2D eigenvalue weighted by Gasteiger charge is -2.39. The van der Waals surface area contributed by atoms with Crippen molar-refractivity contribution in [2.24, 2.45) is 5.41 Å². The van der Waals surface area contributed by atoms with Gasteiger partial charge in [-0.3, -0.25) is 4.79 Å². The Morgan fingerprint density at radius 1 is 1.08 bits per heavy atom. The number of hydrogen-bond acceptors (Lipinski definition) is 10. The van der Waals surface area contributed by atoms with Crippen LogP contribution in [0.15, 0.2) is 54.7 Å². The van der Waals surface area contributed by atoms with Crippen molar-refractivity contribution in [1.82, 2.24) is 25.1 Å². The number of nitrogens with two attached hydrogens (primary N) is 1. The predicted octanol–water partition coefficient (Wildman–Crippen LogP) is 6.34. The van der Waals surface area contributed by atoms with Crippen molar-refractivity contribution in [2.75, 3.05) is 43.5 Å². The normalized spacial score (nSPS) is 17.8. The molecule has 2 aromatic carbocycles. The molecule has 1 spiro atoms. The van der Waals surface area contributed by atoms with Gasteiger partial charge in [-0.05, 0) is 80.3 Å². The Bertz CT molecular complexity index is 1860. The minimum absolute atomic E-state index is 0.0875. The van der Waals surface area contributed by atoms with Gasteiger partial charge in [0.2, 0.25) is 17.9 Å². The SMILES string of the molecule is CCCOc1ccc(-c2ccc([C@@H](Oc3cc(N4CCC5(CC4)CN[C@H](C(=O)OCC)C5)nc(N)n3)C(F)(F)F)c(-n3ccc(C)n3)c2)cc1F. The van der Waals surface area contributed by atoms with Crippen molar-refractivity contribution < 1.29 is 36.6 Å². The van der Waals surface area contributed by atoms with Crippen LogP contribution in [0.3, 0.4) is 0 Å². The Morgan fingerprint density at radius 2 is 1.82 bits per heavy atom. The summed E-state index contributed by atoms with van der Waals surface area (Å²) in [6.45, 7) is 7.83. The molecule has 2 aliphatic rings. The maximum absolute atomic E-state index is 14.9. The largest absolute Gasteiger partial charge is 0.491 e. The average molecular weight is 712 g/mol. The standard InChI is InChI=1S/C36H41F4N7O4/c1-4-16-50-29-9-7-23(17-26(29)37)24-6-8-25(28(18-24)47-13-10-22(3)45-47)32(36(38,39)40)51-31-19-30(43-34(41)44-31)46-14-11-35(12-15-46)20-27(42-21-35)33(48)49-5-2/h6-10,13,17-19,27,32,42H,4-5,11-12,14-16,20-21H2,1-3H3,(H2,41,43,44)/t27-,32+/m0/s1. The van der Waals surface area contributed by atoms with Crippen LogP contribution in [0.5, 0.6) is 11.6 Å². The molecule has 0 aliphatic carbocycles. The van der Waals surface area contributed by atoms with E-state index in [0.717, 1.165) is 12.8 Å². The number of aryl methyl sites for hydroxylation is 1. The van der Waals surface area contributed by atoms with Crippen LogP contribution in [-0.4, -0.2) is 70.8 Å². The molecule has 0 amide bonds. The summed E-state index contributed by atoms with van der Waals surface area (Å²) in [6.07, 6.45) is -2.98. The van der Waals surface area contributed by atoms with Gasteiger partial charge in [-0.1, -0.05) is 25.1 Å². The number of carbonyl (C=O) groups is 1. The first-order chi connectivity index (χ1) is 24.4. The number of halogens is 4. The number of nitrogen functional groups attached to an aromatic ring is 1. The summed E-state index contributed by atoms with van der Waals surface area (Å²) in [7, 11) is 0. The van der Waals surface area contributed by atoms with E-state index in [0.29, 0.717) is 68.3 Å². The average Bonchev–Trinajstić information content (AvgIpc) is 3.72. The molecule has 4 heterocycles. The van der Waals surface area contributed by atoms with Crippen LogP contribution in [-0.2, 0) is 9.53 Å². The van der Waals surface area contributed by atoms with Gasteiger partial charge in [0.25, 0.3) is 0 Å². The van der Waals surface area contributed by atoms with Crippen molar-refractivity contribution in [1.29, 1.82) is 0 Å². The van der Waals surface area contributed by atoms with E-state index in [1.807, 2.05) is 11.8 Å². The number of aromatic nitrogens is 4. The van der Waals surface area contributed by atoms with Gasteiger partial charge in [-0.2, -0.15) is 28.2 Å². The van der Waals surface area contributed by atoms with Crippen LogP contribution >= 0.6 is 0 Å². The highest BCUT2D eigenvalue weighted by Gasteiger charge is 2.46. The van der Waals surface area contributed by atoms with Gasteiger partial charge in [0, 0.05) is 37.5 Å². The molecular formula is C36H41F4N7O4. The van der Waals surface area contributed by atoms with Crippen molar-refractivity contribution in [3.05, 3.63) is 71.8 Å². The number of anilines is 2. The molecule has 51 heavy (non-hydrogen) atoms. The summed E-state index contributed by atoms with van der Waals surface area (Å²) >= 11 is 0. The van der Waals surface area contributed by atoms with Gasteiger partial charge < -0.3 is 30.2 Å². The number of piperidine rings is 1. The fourth-order valence-electron chi connectivity index (χ4n) is 6.70. The lowest BCUT2D eigenvalue weighted by atomic mass is 9.76. The van der Waals surface area contributed by atoms with Crippen LogP contribution in [0.1, 0.15) is 56.9 Å². The highest BCUT2D eigenvalue weighted by Crippen LogP contribution is 2.43. The summed E-state index contributed by atoms with van der Waals surface area (Å²) in [5, 5.41) is 7.65. The van der Waals surface area contributed by atoms with Crippen LogP contribution in [0.2, 0.25) is 0 Å². The molecule has 2 fully saturated rings. The van der Waals surface area contributed by atoms with E-state index in [9.17, 15) is 22.4 Å². The molecule has 4 aromatic rings. The number of ether oxygens (including phenoxy) is 3. The van der Waals surface area contributed by atoms with Gasteiger partial charge in [0.1, 0.15) is 11.9 Å². The van der Waals surface area contributed by atoms with Crippen molar-refractivity contribution in [2.45, 2.75) is 64.8 Å². The zero-order chi connectivity index (χ0) is 36.3. The van der Waals surface area contributed by atoms with Crippen LogP contribution in [0, 0.1) is 18.2 Å². The smallest absolute Gasteiger partial charge is 0.429 e. The minimum atomic E-state index is -4.88. The summed E-state index contributed by atoms with van der Waals surface area (Å²) < 4.78 is 77.3. The third-order valence-corrected chi connectivity index (χ3v) is 9.33. The van der Waals surface area contributed by atoms with E-state index < -0.39 is 18.1 Å². The molecule has 0 saturated carbocycles. The number of esters is 1. The van der Waals surface area contributed by atoms with Crippen molar-refractivity contribution in [3.63, 3.8) is 0 Å². The van der Waals surface area contributed by atoms with Crippen molar-refractivity contribution in [3.8, 4) is 28.4 Å². The highest BCUT2D eigenvalue weighted by molar-refractivity contribution is 5.76. The van der Waals surface area contributed by atoms with E-state index >= 15 is 0 Å². The predicted molar refractivity (Wildman–Crippen MR) is 182 cm³/mol. The quantitative estimate of drug-likeness (QED) is 0.134. The van der Waals surface area contributed by atoms with Crippen LogP contribution in [0.4, 0.5) is 29.3 Å². The molecule has 0 unspecified atom stereocenters. The lowest BCUT2D eigenvalue weighted by Crippen LogP contribution is -2.41. The van der Waals surface area contributed by atoms with Gasteiger partial charge in [0.15, 0.2) is 11.6 Å². The fraction of sp³-hybridized carbons (Fsp3) is 0.444. The molecule has 11 nitrogen and oxygen atoms in total. The molecule has 6 rings (SSSR count). The number of benzene rings is 2. The van der Waals surface area contributed by atoms with E-state index in [1.54, 1.807) is 32.2 Å². The number of nitrogens with zero attached hydrogens (tertiary/aromatic N) is 5. The highest BCUT2D eigenvalue weighted by atomic mass is 19.4. The molecule has 3 N–H and O–H groups in total. The number of rotatable bonds is 11. The zero-order valence-corrected chi connectivity index (χ0v) is 28.7. The van der Waals surface area contributed by atoms with E-state index in [2.05, 4.69) is 20.4 Å². The second kappa shape index (κ2) is 14.7. The molecule has 2 aliphatic heterocycles. The van der Waals surface area contributed by atoms with E-state index in [1.165, 1.54) is 41.1 Å². The second-order valence-corrected chi connectivity index (χ2v) is 13.0. The minimum Gasteiger partial charge on any atom is -0.491 e. The third kappa shape index (κ3) is 8.03. The summed E-state index contributed by atoms with van der Waals surface area (Å²) in [5.74, 6) is -0.992. The van der Waals surface area contributed by atoms with Crippen LogP contribution < -0.4 is 25.4 Å². The first-order valence-corrected chi connectivity index (χ1v) is 17.0. The molecule has 2 atom stereocenters. The van der Waals surface area contributed by atoms with E-state index in [-0.39, 0.29) is 46.3 Å². The molecule has 0 radical (unpaired) electrons. The van der Waals surface area contributed by atoms with Gasteiger partial charge >= 0.3 is 12.1 Å². The number of nitrogens with one attached hydrogen (secondary N) is 1. The third-order valence-electron chi connectivity index (χ3n) is 9.33. The fourth-order valence-corrected chi connectivity index (χ4v) is 6.70. The Hall–Kier alpha value is -4.92. The number of alkyl halides is 3. The second-order valence-electron chi connectivity index (χ2n) is 13.0. The first kappa shape index (κ1) is 35.9. The summed E-state index contributed by atoms with van der Waals surface area (Å²) in [5.41, 5.74) is 7.26. The monoisotopic (exact) mass is 711 g/mol. The van der Waals surface area contributed by atoms with Gasteiger partial charge in [-0.15, -0.1) is 0 Å². The Labute approximate surface area is 293 Å². The lowest BCUT2D eigenvalue weighted by molar-refractivity contribution is -0.198. The Balaban J connectivity index is 1.27. The van der Waals surface area contributed by atoms with E-state index in [4.69, 9.17) is 19.9 Å². The number of hydrogen-bond donors (Lipinski definition) is 2. The molecule has 272 valence electrons. The maximum Gasteiger partial charge on any atom is 0.429 e. The molecule has 2 aromatic heterocycles. The molecule has 2 saturated heterocycles. The summed E-state index contributed by atoms with van der Waals surface area (Å²) in [6, 6.07) is 11.4. The number of carbonyl (C=O) groups excluding carboxylic acids is 1.